The first-order valence-electron chi connectivity index (χ1n) is 9.06. The number of H-pyrrole nitrogens is 1. The van der Waals surface area contributed by atoms with E-state index in [0.29, 0.717) is 5.56 Å². The highest BCUT2D eigenvalue weighted by Gasteiger charge is 2.27. The number of aromatic nitrogens is 2. The fourth-order valence-corrected chi connectivity index (χ4v) is 2.86. The zero-order chi connectivity index (χ0) is 20.8. The van der Waals surface area contributed by atoms with Crippen molar-refractivity contribution in [2.45, 2.75) is 13.5 Å². The quantitative estimate of drug-likeness (QED) is 0.710. The van der Waals surface area contributed by atoms with E-state index >= 15 is 0 Å². The predicted molar refractivity (Wildman–Crippen MR) is 107 cm³/mol. The molecular formula is C21H20N3O5. The van der Waals surface area contributed by atoms with Crippen LogP contribution in [0.5, 0.6) is 0 Å². The minimum atomic E-state index is -0.757. The van der Waals surface area contributed by atoms with E-state index in [2.05, 4.69) is 4.98 Å². The maximum absolute atomic E-state index is 13.1. The molecule has 2 aromatic rings. The number of hydrogen-bond donors (Lipinski definition) is 1. The molecule has 149 valence electrons. The molecule has 1 heterocycles. The number of esters is 1. The summed E-state index contributed by atoms with van der Waals surface area (Å²) in [5, 5.41) is 0. The van der Waals surface area contributed by atoms with Gasteiger partial charge in [0.25, 0.3) is 11.5 Å². The Morgan fingerprint density at radius 1 is 1.10 bits per heavy atom. The fraction of sp³-hybridized carbons (Fsp3) is 0.190. The van der Waals surface area contributed by atoms with Crippen molar-refractivity contribution in [1.82, 2.24) is 9.55 Å². The number of amides is 1. The van der Waals surface area contributed by atoms with Gasteiger partial charge in [0.2, 0.25) is 0 Å². The number of benzene rings is 1. The van der Waals surface area contributed by atoms with Crippen molar-refractivity contribution >= 4 is 17.6 Å². The van der Waals surface area contributed by atoms with Gasteiger partial charge in [-0.15, -0.1) is 0 Å². The van der Waals surface area contributed by atoms with Gasteiger partial charge in [-0.3, -0.25) is 23.9 Å². The molecule has 29 heavy (non-hydrogen) atoms. The van der Waals surface area contributed by atoms with Crippen LogP contribution in [0.2, 0.25) is 0 Å². The van der Waals surface area contributed by atoms with Gasteiger partial charge >= 0.3 is 11.7 Å². The van der Waals surface area contributed by atoms with Crippen molar-refractivity contribution in [2.75, 3.05) is 18.1 Å². The van der Waals surface area contributed by atoms with Gasteiger partial charge in [0.1, 0.15) is 12.2 Å². The van der Waals surface area contributed by atoms with Crippen molar-refractivity contribution in [2.24, 2.45) is 0 Å². The molecule has 0 spiro atoms. The first-order valence-corrected chi connectivity index (χ1v) is 9.06. The summed E-state index contributed by atoms with van der Waals surface area (Å²) in [6, 6.07) is 8.51. The summed E-state index contributed by atoms with van der Waals surface area (Å²) in [5.41, 5.74) is -1.12. The van der Waals surface area contributed by atoms with Gasteiger partial charge in [-0.05, 0) is 44.7 Å². The molecule has 0 aliphatic heterocycles. The summed E-state index contributed by atoms with van der Waals surface area (Å²) in [6.45, 7) is 1.57. The van der Waals surface area contributed by atoms with E-state index in [1.165, 1.54) is 11.1 Å². The van der Waals surface area contributed by atoms with Crippen LogP contribution >= 0.6 is 0 Å². The fourth-order valence-electron chi connectivity index (χ4n) is 2.86. The largest absolute Gasteiger partial charge is 0.465 e. The molecule has 1 N–H and O–H groups in total. The first kappa shape index (κ1) is 20.6. The third kappa shape index (κ3) is 5.01. The van der Waals surface area contributed by atoms with Gasteiger partial charge in [-0.2, -0.15) is 0 Å². The van der Waals surface area contributed by atoms with E-state index in [9.17, 15) is 19.2 Å². The van der Waals surface area contributed by atoms with Crippen LogP contribution in [-0.2, 0) is 16.1 Å². The number of ether oxygens (including phenoxy) is 1. The van der Waals surface area contributed by atoms with E-state index in [4.69, 9.17) is 4.74 Å². The number of carbonyl (C=O) groups is 2. The molecule has 0 atom stereocenters. The zero-order valence-corrected chi connectivity index (χ0v) is 15.8. The SMILES string of the molecule is CCOC(=O)Cn1cc(N(C[C]2[CH][CH][CH][CH]2)C(=O)c2ccccc2)c(=O)[nH]c1=O. The molecule has 8 heteroatoms. The van der Waals surface area contributed by atoms with E-state index < -0.39 is 23.1 Å². The molecule has 8 nitrogen and oxygen atoms in total. The highest BCUT2D eigenvalue weighted by Crippen LogP contribution is 2.26. The molecule has 3 rings (SSSR count). The zero-order valence-electron chi connectivity index (χ0n) is 15.8. The van der Waals surface area contributed by atoms with Crippen molar-refractivity contribution in [3.8, 4) is 0 Å². The summed E-state index contributed by atoms with van der Waals surface area (Å²) in [6.07, 6.45) is 8.52. The van der Waals surface area contributed by atoms with E-state index in [1.807, 2.05) is 25.7 Å². The molecular weight excluding hydrogens is 374 g/mol. The van der Waals surface area contributed by atoms with Crippen LogP contribution in [0.1, 0.15) is 17.3 Å². The molecule has 1 amide bonds. The number of carbonyl (C=O) groups excluding carboxylic acids is 2. The third-order valence-corrected chi connectivity index (χ3v) is 4.23. The van der Waals surface area contributed by atoms with Crippen molar-refractivity contribution in [3.63, 3.8) is 0 Å². The number of hydrogen-bond acceptors (Lipinski definition) is 5. The third-order valence-electron chi connectivity index (χ3n) is 4.23. The lowest BCUT2D eigenvalue weighted by Crippen LogP contribution is -2.41. The Hall–Kier alpha value is -3.16. The van der Waals surface area contributed by atoms with E-state index in [1.54, 1.807) is 37.3 Å². The summed E-state index contributed by atoms with van der Waals surface area (Å²) in [5.74, 6) is -0.208. The summed E-state index contributed by atoms with van der Waals surface area (Å²) < 4.78 is 5.88. The Labute approximate surface area is 168 Å². The van der Waals surface area contributed by atoms with Gasteiger partial charge in [0, 0.05) is 24.2 Å². The lowest BCUT2D eigenvalue weighted by molar-refractivity contribution is -0.143. The van der Waals surface area contributed by atoms with Crippen LogP contribution in [-0.4, -0.2) is 34.6 Å². The Kier molecular flexibility index (Phi) is 6.64. The van der Waals surface area contributed by atoms with Crippen molar-refractivity contribution in [1.29, 1.82) is 0 Å². The average molecular weight is 394 g/mol. The van der Waals surface area contributed by atoms with E-state index in [0.717, 1.165) is 10.5 Å². The van der Waals surface area contributed by atoms with Crippen molar-refractivity contribution in [3.05, 3.63) is 94.5 Å². The molecule has 1 aliphatic rings. The van der Waals surface area contributed by atoms with Crippen LogP contribution in [0.15, 0.2) is 46.1 Å². The molecule has 1 aromatic carbocycles. The molecule has 0 unspecified atom stereocenters. The maximum atomic E-state index is 13.1. The molecule has 5 radical (unpaired) electrons. The second-order valence-electron chi connectivity index (χ2n) is 6.26. The molecule has 1 saturated carbocycles. The van der Waals surface area contributed by atoms with Crippen LogP contribution in [0.25, 0.3) is 0 Å². The molecule has 1 aliphatic carbocycles. The van der Waals surface area contributed by atoms with Gasteiger partial charge in [0.05, 0.1) is 6.61 Å². The van der Waals surface area contributed by atoms with Gasteiger partial charge in [0.15, 0.2) is 0 Å². The minimum Gasteiger partial charge on any atom is -0.465 e. The van der Waals surface area contributed by atoms with Crippen LogP contribution in [0, 0.1) is 31.6 Å². The van der Waals surface area contributed by atoms with E-state index in [-0.39, 0.29) is 25.4 Å². The van der Waals surface area contributed by atoms with Crippen LogP contribution < -0.4 is 16.1 Å². The number of nitrogens with one attached hydrogen (secondary N) is 1. The van der Waals surface area contributed by atoms with Gasteiger partial charge in [-0.1, -0.05) is 18.2 Å². The molecule has 0 bridgehead atoms. The topological polar surface area (TPSA) is 101 Å². The average Bonchev–Trinajstić information content (AvgIpc) is 3.22. The lowest BCUT2D eigenvalue weighted by Gasteiger charge is -2.25. The highest BCUT2D eigenvalue weighted by atomic mass is 16.5. The van der Waals surface area contributed by atoms with Crippen LogP contribution in [0.3, 0.4) is 0 Å². The Morgan fingerprint density at radius 2 is 1.79 bits per heavy atom. The number of rotatable bonds is 7. The van der Waals surface area contributed by atoms with Gasteiger partial charge in [-0.25, -0.2) is 4.79 Å². The molecule has 1 fully saturated rings. The van der Waals surface area contributed by atoms with Gasteiger partial charge < -0.3 is 9.64 Å². The number of nitrogens with zero attached hydrogens (tertiary/aromatic N) is 2. The Morgan fingerprint density at radius 3 is 2.45 bits per heavy atom. The minimum absolute atomic E-state index is 0.0380. The van der Waals surface area contributed by atoms with Crippen molar-refractivity contribution < 1.29 is 14.3 Å². The maximum Gasteiger partial charge on any atom is 0.328 e. The number of aromatic amines is 1. The van der Waals surface area contributed by atoms with Crippen LogP contribution in [0.4, 0.5) is 5.69 Å². The Balaban J connectivity index is 1.99. The lowest BCUT2D eigenvalue weighted by atomic mass is 10.1. The number of anilines is 1. The monoisotopic (exact) mass is 394 g/mol. The highest BCUT2D eigenvalue weighted by molar-refractivity contribution is 6.06. The standard InChI is InChI=1S/C21H20N3O5/c1-2-29-18(25)14-23-13-17(19(26)22-21(23)28)24(12-15-8-6-7-9-15)20(27)16-10-4-3-5-11-16/h3-11,13H,2,12,14H2,1H3,(H,22,26,28). The molecule has 0 saturated heterocycles. The molecule has 1 aromatic heterocycles. The Bertz CT molecular complexity index is 974. The predicted octanol–water partition coefficient (Wildman–Crippen LogP) is 1.15. The summed E-state index contributed by atoms with van der Waals surface area (Å²) >= 11 is 0. The normalized spacial score (nSPS) is 14.0. The smallest absolute Gasteiger partial charge is 0.328 e. The summed E-state index contributed by atoms with van der Waals surface area (Å²) in [4.78, 5) is 53.0. The second-order valence-corrected chi connectivity index (χ2v) is 6.26. The summed E-state index contributed by atoms with van der Waals surface area (Å²) in [7, 11) is 0. The first-order chi connectivity index (χ1) is 14.0. The second kappa shape index (κ2) is 9.36.